The lowest BCUT2D eigenvalue weighted by molar-refractivity contribution is 0.341. The molecule has 0 amide bonds. The number of imidazole rings is 1. The van der Waals surface area contributed by atoms with Gasteiger partial charge in [0.2, 0.25) is 0 Å². The van der Waals surface area contributed by atoms with E-state index in [0.29, 0.717) is 0 Å². The fourth-order valence-electron chi connectivity index (χ4n) is 4.31. The molecule has 2 unspecified atom stereocenters. The lowest BCUT2D eigenvalue weighted by Crippen LogP contribution is -2.37. The van der Waals surface area contributed by atoms with Gasteiger partial charge in [0.25, 0.3) is 0 Å². The molecule has 150 valence electrons. The molecule has 0 fully saturated rings. The molecule has 3 aromatic rings. The van der Waals surface area contributed by atoms with E-state index in [1.165, 1.54) is 32.1 Å². The van der Waals surface area contributed by atoms with Crippen LogP contribution in [0.3, 0.4) is 0 Å². The number of aromatic nitrogens is 3. The zero-order valence-corrected chi connectivity index (χ0v) is 17.2. The van der Waals surface area contributed by atoms with Crippen molar-refractivity contribution >= 4 is 0 Å². The summed E-state index contributed by atoms with van der Waals surface area (Å²) in [6.45, 7) is 2.24. The largest absolute Gasteiger partial charge is 0.320 e. The van der Waals surface area contributed by atoms with Gasteiger partial charge in [-0.1, -0.05) is 81.8 Å². The van der Waals surface area contributed by atoms with Crippen LogP contribution in [0.25, 0.3) is 0 Å². The predicted molar refractivity (Wildman–Crippen MR) is 116 cm³/mol. The molecule has 3 rings (SSSR count). The number of pyridine rings is 1. The van der Waals surface area contributed by atoms with Gasteiger partial charge in [-0.3, -0.25) is 4.98 Å². The molecular weight excluding hydrogens is 356 g/mol. The molecule has 1 aromatic carbocycles. The van der Waals surface area contributed by atoms with Gasteiger partial charge in [0.15, 0.2) is 0 Å². The first kappa shape index (κ1) is 20.8. The van der Waals surface area contributed by atoms with Gasteiger partial charge in [-0.05, 0) is 23.6 Å². The summed E-state index contributed by atoms with van der Waals surface area (Å²) >= 11 is 0. The fourth-order valence-corrected chi connectivity index (χ4v) is 4.31. The summed E-state index contributed by atoms with van der Waals surface area (Å²) in [4.78, 5) is 8.63. The van der Waals surface area contributed by atoms with Crippen LogP contribution in [0.4, 0.5) is 0 Å². The maximum Gasteiger partial charge on any atom is 0.135 e. The van der Waals surface area contributed by atoms with Crippen LogP contribution in [0.1, 0.15) is 69.0 Å². The molecule has 0 aliphatic carbocycles. The number of unbranched alkanes of at least 4 members (excludes halogenated alkanes) is 5. The number of rotatable bonds is 11. The first-order chi connectivity index (χ1) is 14.3. The van der Waals surface area contributed by atoms with E-state index in [1.54, 1.807) is 18.7 Å². The highest BCUT2D eigenvalue weighted by Gasteiger charge is 2.43. The van der Waals surface area contributed by atoms with Gasteiger partial charge in [0, 0.05) is 24.8 Å². The van der Waals surface area contributed by atoms with Crippen LogP contribution in [-0.4, -0.2) is 14.5 Å². The maximum atomic E-state index is 10.3. The highest BCUT2D eigenvalue weighted by atomic mass is 15.1. The van der Waals surface area contributed by atoms with Crippen LogP contribution in [0.2, 0.25) is 0 Å². The summed E-state index contributed by atoms with van der Waals surface area (Å²) in [5.74, 6) is 0. The Bertz CT molecular complexity index is 827. The van der Waals surface area contributed by atoms with Gasteiger partial charge in [0.1, 0.15) is 6.04 Å². The molecule has 2 atom stereocenters. The molecule has 0 aliphatic rings. The maximum absolute atomic E-state index is 10.3. The summed E-state index contributed by atoms with van der Waals surface area (Å²) < 4.78 is 1.94. The van der Waals surface area contributed by atoms with Crippen molar-refractivity contribution in [2.24, 2.45) is 0 Å². The number of nitrogens with zero attached hydrogens (tertiary/aromatic N) is 4. The van der Waals surface area contributed by atoms with Crippen molar-refractivity contribution in [3.05, 3.63) is 84.7 Å². The van der Waals surface area contributed by atoms with Gasteiger partial charge in [0.05, 0.1) is 17.8 Å². The zero-order chi connectivity index (χ0) is 20.4. The Morgan fingerprint density at radius 1 is 0.931 bits per heavy atom. The van der Waals surface area contributed by atoms with Gasteiger partial charge < -0.3 is 4.57 Å². The minimum absolute atomic E-state index is 0.396. The topological polar surface area (TPSA) is 54.5 Å². The minimum Gasteiger partial charge on any atom is -0.320 e. The van der Waals surface area contributed by atoms with E-state index >= 15 is 0 Å². The Balaban J connectivity index is 2.03. The second-order valence-electron chi connectivity index (χ2n) is 7.64. The smallest absolute Gasteiger partial charge is 0.135 e. The van der Waals surface area contributed by atoms with E-state index in [-0.39, 0.29) is 0 Å². The zero-order valence-electron chi connectivity index (χ0n) is 17.2. The first-order valence-electron chi connectivity index (χ1n) is 10.7. The lowest BCUT2D eigenvalue weighted by Gasteiger charge is -2.39. The van der Waals surface area contributed by atoms with Gasteiger partial charge in [-0.25, -0.2) is 4.98 Å². The summed E-state index contributed by atoms with van der Waals surface area (Å²) in [5.41, 5.74) is 1.76. The third-order valence-electron chi connectivity index (χ3n) is 5.80. The van der Waals surface area contributed by atoms with Crippen molar-refractivity contribution in [3.8, 4) is 6.07 Å². The Morgan fingerprint density at radius 3 is 2.34 bits per heavy atom. The molecule has 0 N–H and O–H groups in total. The van der Waals surface area contributed by atoms with Crippen molar-refractivity contribution in [1.29, 1.82) is 5.26 Å². The Labute approximate surface area is 174 Å². The Kier molecular flexibility index (Phi) is 7.58. The molecule has 2 heterocycles. The van der Waals surface area contributed by atoms with Crippen molar-refractivity contribution in [2.75, 3.05) is 0 Å². The standard InChI is InChI=1S/C25H30N4/c1-2-3-4-5-6-10-15-25(22-12-8-7-9-13-22,23-14-11-16-27-20-23)24(19-26)29-18-17-28-21-29/h7-9,11-14,16-18,20-21,24H,2-6,10,15H2,1H3. The van der Waals surface area contributed by atoms with Crippen LogP contribution in [0, 0.1) is 11.3 Å². The van der Waals surface area contributed by atoms with Crippen molar-refractivity contribution in [3.63, 3.8) is 0 Å². The van der Waals surface area contributed by atoms with Crippen LogP contribution in [0.15, 0.2) is 73.6 Å². The number of nitriles is 1. The summed E-state index contributed by atoms with van der Waals surface area (Å²) in [6, 6.07) is 16.7. The highest BCUT2D eigenvalue weighted by molar-refractivity contribution is 5.42. The average Bonchev–Trinajstić information content (AvgIpc) is 3.31. The van der Waals surface area contributed by atoms with E-state index in [4.69, 9.17) is 0 Å². The number of benzene rings is 1. The average molecular weight is 387 g/mol. The number of hydrogen-bond donors (Lipinski definition) is 0. The molecule has 4 nitrogen and oxygen atoms in total. The summed E-state index contributed by atoms with van der Waals surface area (Å²) in [7, 11) is 0. The van der Waals surface area contributed by atoms with Gasteiger partial charge in [-0.2, -0.15) is 5.26 Å². The minimum atomic E-state index is -0.476. The molecule has 0 radical (unpaired) electrons. The molecular formula is C25H30N4. The molecule has 0 saturated carbocycles. The predicted octanol–water partition coefficient (Wildman–Crippen LogP) is 6.08. The molecule has 0 bridgehead atoms. The monoisotopic (exact) mass is 386 g/mol. The van der Waals surface area contributed by atoms with Crippen molar-refractivity contribution in [2.45, 2.75) is 63.3 Å². The lowest BCUT2D eigenvalue weighted by atomic mass is 9.66. The van der Waals surface area contributed by atoms with E-state index in [9.17, 15) is 5.26 Å². The van der Waals surface area contributed by atoms with Crippen LogP contribution < -0.4 is 0 Å². The molecule has 0 spiro atoms. The van der Waals surface area contributed by atoms with E-state index in [0.717, 1.165) is 24.0 Å². The SMILES string of the molecule is CCCCCCCCC(c1ccccc1)(c1cccnc1)C(C#N)n1ccnc1. The number of hydrogen-bond acceptors (Lipinski definition) is 3. The van der Waals surface area contributed by atoms with Gasteiger partial charge >= 0.3 is 0 Å². The normalized spacial score (nSPS) is 14.1. The van der Waals surface area contributed by atoms with E-state index in [1.807, 2.05) is 29.1 Å². The van der Waals surface area contributed by atoms with E-state index in [2.05, 4.69) is 53.3 Å². The fraction of sp³-hybridized carbons (Fsp3) is 0.400. The highest BCUT2D eigenvalue weighted by Crippen LogP contribution is 2.45. The van der Waals surface area contributed by atoms with Gasteiger partial charge in [-0.15, -0.1) is 0 Å². The van der Waals surface area contributed by atoms with Crippen molar-refractivity contribution in [1.82, 2.24) is 14.5 Å². The first-order valence-corrected chi connectivity index (χ1v) is 10.7. The molecule has 0 aliphatic heterocycles. The van der Waals surface area contributed by atoms with Crippen molar-refractivity contribution < 1.29 is 0 Å². The summed E-state index contributed by atoms with van der Waals surface area (Å²) in [5, 5.41) is 10.3. The third-order valence-corrected chi connectivity index (χ3v) is 5.80. The van der Waals surface area contributed by atoms with Crippen LogP contribution >= 0.6 is 0 Å². The molecule has 4 heteroatoms. The third kappa shape index (κ3) is 4.74. The second kappa shape index (κ2) is 10.6. The molecule has 0 saturated heterocycles. The summed E-state index contributed by atoms with van der Waals surface area (Å²) in [6.07, 6.45) is 17.3. The Hall–Kier alpha value is -2.93. The second-order valence-corrected chi connectivity index (χ2v) is 7.64. The Morgan fingerprint density at radius 2 is 1.69 bits per heavy atom. The molecule has 29 heavy (non-hydrogen) atoms. The molecule has 2 aromatic heterocycles. The van der Waals surface area contributed by atoms with E-state index < -0.39 is 11.5 Å². The van der Waals surface area contributed by atoms with Crippen LogP contribution in [-0.2, 0) is 5.41 Å². The quantitative estimate of drug-likeness (QED) is 0.375. The van der Waals surface area contributed by atoms with Crippen LogP contribution in [0.5, 0.6) is 0 Å².